The first-order valence-corrected chi connectivity index (χ1v) is 7.52. The minimum atomic E-state index is 0.729. The quantitative estimate of drug-likeness (QED) is 0.587. The monoisotopic (exact) mass is 300 g/mol. The Labute approximate surface area is 134 Å². The van der Waals surface area contributed by atoms with E-state index in [-0.39, 0.29) is 0 Å². The third-order valence-electron chi connectivity index (χ3n) is 3.87. The van der Waals surface area contributed by atoms with Crippen LogP contribution in [-0.2, 0) is 6.54 Å². The van der Waals surface area contributed by atoms with E-state index in [2.05, 4.69) is 15.6 Å². The van der Waals surface area contributed by atoms with Gasteiger partial charge in [0, 0.05) is 18.4 Å². The maximum atomic E-state index is 5.78. The van der Waals surface area contributed by atoms with Gasteiger partial charge in [-0.15, -0.1) is 0 Å². The molecule has 0 aliphatic heterocycles. The Balaban J connectivity index is 1.87. The number of anilines is 1. The lowest BCUT2D eigenvalue weighted by molar-refractivity contribution is 0.830. The van der Waals surface area contributed by atoms with Crippen molar-refractivity contribution in [1.82, 2.24) is 14.5 Å². The summed E-state index contributed by atoms with van der Waals surface area (Å²) in [6.07, 6.45) is 1.79. The summed E-state index contributed by atoms with van der Waals surface area (Å²) in [5.74, 6) is 0.878. The predicted molar refractivity (Wildman–Crippen MR) is 92.9 cm³/mol. The topological polar surface area (TPSA) is 56.7 Å². The summed E-state index contributed by atoms with van der Waals surface area (Å²) >= 11 is 0. The van der Waals surface area contributed by atoms with E-state index in [0.29, 0.717) is 0 Å². The Hall–Kier alpha value is -3.14. The second kappa shape index (κ2) is 5.57. The summed E-state index contributed by atoms with van der Waals surface area (Å²) in [4.78, 5) is 9.23. The second-order valence-electron chi connectivity index (χ2n) is 5.47. The molecule has 23 heavy (non-hydrogen) atoms. The first kappa shape index (κ1) is 13.5. The van der Waals surface area contributed by atoms with E-state index in [1.54, 1.807) is 6.20 Å². The van der Waals surface area contributed by atoms with Crippen LogP contribution in [0.25, 0.3) is 22.6 Å². The van der Waals surface area contributed by atoms with E-state index in [1.807, 2.05) is 60.7 Å². The first-order chi connectivity index (χ1) is 11.3. The molecule has 0 radical (unpaired) electrons. The number of para-hydroxylation sites is 2. The van der Waals surface area contributed by atoms with Crippen molar-refractivity contribution in [3.05, 3.63) is 78.5 Å². The number of benzene rings is 2. The molecular formula is C19H16N4. The fourth-order valence-electron chi connectivity index (χ4n) is 2.73. The van der Waals surface area contributed by atoms with Crippen LogP contribution in [0.2, 0.25) is 0 Å². The second-order valence-corrected chi connectivity index (χ2v) is 5.47. The normalized spacial score (nSPS) is 11.0. The predicted octanol–water partition coefficient (Wildman–Crippen LogP) is 3.73. The number of pyridine rings is 1. The van der Waals surface area contributed by atoms with Gasteiger partial charge in [0.05, 0.1) is 11.0 Å². The van der Waals surface area contributed by atoms with Gasteiger partial charge in [-0.25, -0.2) is 4.98 Å². The zero-order valence-electron chi connectivity index (χ0n) is 12.6. The number of hydrogen-bond donors (Lipinski definition) is 1. The molecule has 0 atom stereocenters. The number of nitrogen functional groups attached to an aromatic ring is 1. The molecule has 0 saturated heterocycles. The molecule has 112 valence electrons. The van der Waals surface area contributed by atoms with Crippen molar-refractivity contribution in [3.63, 3.8) is 0 Å². The van der Waals surface area contributed by atoms with Crippen LogP contribution in [0.3, 0.4) is 0 Å². The van der Waals surface area contributed by atoms with Crippen LogP contribution in [0.5, 0.6) is 0 Å². The highest BCUT2D eigenvalue weighted by molar-refractivity contribution is 5.80. The summed E-state index contributed by atoms with van der Waals surface area (Å²) < 4.78 is 2.20. The minimum absolute atomic E-state index is 0.729. The van der Waals surface area contributed by atoms with Crippen molar-refractivity contribution in [1.29, 1.82) is 0 Å². The minimum Gasteiger partial charge on any atom is -0.399 e. The van der Waals surface area contributed by atoms with Gasteiger partial charge in [-0.05, 0) is 42.0 Å². The lowest BCUT2D eigenvalue weighted by atomic mass is 10.2. The molecule has 0 fully saturated rings. The number of rotatable bonds is 3. The summed E-state index contributed by atoms with van der Waals surface area (Å²) in [6, 6.07) is 22.0. The van der Waals surface area contributed by atoms with Gasteiger partial charge < -0.3 is 10.3 Å². The first-order valence-electron chi connectivity index (χ1n) is 7.52. The van der Waals surface area contributed by atoms with E-state index in [1.165, 1.54) is 5.56 Å². The Kier molecular flexibility index (Phi) is 3.27. The number of imidazole rings is 1. The molecule has 4 rings (SSSR count). The van der Waals surface area contributed by atoms with E-state index in [4.69, 9.17) is 10.7 Å². The van der Waals surface area contributed by atoms with Crippen molar-refractivity contribution >= 4 is 16.7 Å². The SMILES string of the molecule is Nc1ccc(Cn2c(-c3ccccn3)nc3ccccc32)cc1. The molecule has 4 heteroatoms. The van der Waals surface area contributed by atoms with E-state index < -0.39 is 0 Å². The van der Waals surface area contributed by atoms with E-state index in [9.17, 15) is 0 Å². The van der Waals surface area contributed by atoms with Crippen LogP contribution in [-0.4, -0.2) is 14.5 Å². The van der Waals surface area contributed by atoms with Gasteiger partial charge in [0.1, 0.15) is 5.69 Å². The number of nitrogens with zero attached hydrogens (tertiary/aromatic N) is 3. The van der Waals surface area contributed by atoms with Crippen LogP contribution in [0.1, 0.15) is 5.56 Å². The number of fused-ring (bicyclic) bond motifs is 1. The Bertz CT molecular complexity index is 940. The van der Waals surface area contributed by atoms with Gasteiger partial charge in [0.25, 0.3) is 0 Å². The van der Waals surface area contributed by atoms with Gasteiger partial charge in [0.15, 0.2) is 5.82 Å². The molecule has 4 aromatic rings. The van der Waals surface area contributed by atoms with Crippen molar-refractivity contribution in [2.24, 2.45) is 0 Å². The van der Waals surface area contributed by atoms with Gasteiger partial charge in [-0.3, -0.25) is 4.98 Å². The molecule has 0 saturated carbocycles. The van der Waals surface area contributed by atoms with Gasteiger partial charge >= 0.3 is 0 Å². The summed E-state index contributed by atoms with van der Waals surface area (Å²) in [6.45, 7) is 0.729. The highest BCUT2D eigenvalue weighted by atomic mass is 15.1. The van der Waals surface area contributed by atoms with Crippen LogP contribution in [0.4, 0.5) is 5.69 Å². The Morgan fingerprint density at radius 1 is 0.870 bits per heavy atom. The van der Waals surface area contributed by atoms with E-state index in [0.717, 1.165) is 34.8 Å². The fourth-order valence-corrected chi connectivity index (χ4v) is 2.73. The molecule has 4 nitrogen and oxygen atoms in total. The molecule has 0 amide bonds. The summed E-state index contributed by atoms with van der Waals surface area (Å²) in [5.41, 5.74) is 10.7. The average molecular weight is 300 g/mol. The highest BCUT2D eigenvalue weighted by Crippen LogP contribution is 2.24. The lowest BCUT2D eigenvalue weighted by Gasteiger charge is -2.09. The third-order valence-corrected chi connectivity index (χ3v) is 3.87. The lowest BCUT2D eigenvalue weighted by Crippen LogP contribution is -2.03. The van der Waals surface area contributed by atoms with Gasteiger partial charge in [-0.2, -0.15) is 0 Å². The summed E-state index contributed by atoms with van der Waals surface area (Å²) in [7, 11) is 0. The largest absolute Gasteiger partial charge is 0.399 e. The molecule has 0 aliphatic rings. The summed E-state index contributed by atoms with van der Waals surface area (Å²) in [5, 5.41) is 0. The van der Waals surface area contributed by atoms with Crippen molar-refractivity contribution < 1.29 is 0 Å². The molecule has 0 aliphatic carbocycles. The Morgan fingerprint density at radius 3 is 2.43 bits per heavy atom. The molecule has 2 aromatic carbocycles. The highest BCUT2D eigenvalue weighted by Gasteiger charge is 2.13. The number of hydrogen-bond acceptors (Lipinski definition) is 3. The third kappa shape index (κ3) is 2.55. The molecule has 2 heterocycles. The standard InChI is InChI=1S/C19H16N4/c20-15-10-8-14(9-11-15)13-23-18-7-2-1-5-16(18)22-19(23)17-6-3-4-12-21-17/h1-12H,13,20H2. The van der Waals surface area contributed by atoms with Crippen molar-refractivity contribution in [3.8, 4) is 11.5 Å². The smallest absolute Gasteiger partial charge is 0.160 e. The molecule has 0 unspecified atom stereocenters. The molecule has 2 aromatic heterocycles. The van der Waals surface area contributed by atoms with Crippen LogP contribution >= 0.6 is 0 Å². The number of aromatic nitrogens is 3. The average Bonchev–Trinajstić information content (AvgIpc) is 2.96. The van der Waals surface area contributed by atoms with Crippen LogP contribution in [0, 0.1) is 0 Å². The molecule has 0 bridgehead atoms. The zero-order chi connectivity index (χ0) is 15.6. The molecule has 2 N–H and O–H groups in total. The van der Waals surface area contributed by atoms with Crippen LogP contribution < -0.4 is 5.73 Å². The zero-order valence-corrected chi connectivity index (χ0v) is 12.6. The maximum absolute atomic E-state index is 5.78. The van der Waals surface area contributed by atoms with Crippen molar-refractivity contribution in [2.75, 3.05) is 5.73 Å². The van der Waals surface area contributed by atoms with Gasteiger partial charge in [-0.1, -0.05) is 30.3 Å². The van der Waals surface area contributed by atoms with Gasteiger partial charge in [0.2, 0.25) is 0 Å². The Morgan fingerprint density at radius 2 is 1.65 bits per heavy atom. The molecule has 0 spiro atoms. The fraction of sp³-hybridized carbons (Fsp3) is 0.0526. The number of nitrogens with two attached hydrogens (primary N) is 1. The van der Waals surface area contributed by atoms with Crippen molar-refractivity contribution in [2.45, 2.75) is 6.54 Å². The molecular weight excluding hydrogens is 284 g/mol. The van der Waals surface area contributed by atoms with Crippen LogP contribution in [0.15, 0.2) is 72.9 Å². The van der Waals surface area contributed by atoms with E-state index >= 15 is 0 Å². The maximum Gasteiger partial charge on any atom is 0.160 e.